The first kappa shape index (κ1) is 27.6. The molecule has 0 unspecified atom stereocenters. The number of ether oxygens (including phenoxy) is 1. The Bertz CT molecular complexity index is 1370. The van der Waals surface area contributed by atoms with E-state index in [1.54, 1.807) is 42.5 Å². The van der Waals surface area contributed by atoms with Gasteiger partial charge in [0, 0.05) is 25.0 Å². The highest BCUT2D eigenvalue weighted by Crippen LogP contribution is 2.26. The van der Waals surface area contributed by atoms with E-state index in [4.69, 9.17) is 16.3 Å². The number of halogens is 1. The summed E-state index contributed by atoms with van der Waals surface area (Å²) in [5, 5.41) is 10.9. The number of nitrogens with one attached hydrogen (secondary N) is 2. The van der Waals surface area contributed by atoms with Gasteiger partial charge in [-0.3, -0.25) is 14.4 Å². The van der Waals surface area contributed by atoms with Crippen molar-refractivity contribution in [3.05, 3.63) is 63.5 Å². The molecule has 2 amide bonds. The average Bonchev–Trinajstić information content (AvgIpc) is 2.89. The SMILES string of the molecule is COc1ccc(-n2nc(C(=O)NCC(=O)NCCCN3C[C@H](C)C[C@@H](C)C3)c3ccccc3c2=O)cc1Cl. The number of piperidine rings is 1. The molecule has 0 bridgehead atoms. The summed E-state index contributed by atoms with van der Waals surface area (Å²) in [5.41, 5.74) is 0.0257. The van der Waals surface area contributed by atoms with Crippen LogP contribution in [-0.2, 0) is 4.79 Å². The molecule has 0 spiro atoms. The van der Waals surface area contributed by atoms with E-state index < -0.39 is 11.5 Å². The maximum absolute atomic E-state index is 13.2. The maximum atomic E-state index is 13.2. The standard InChI is InChI=1S/C28H34ClN5O4/c1-18-13-19(2)17-33(16-18)12-6-11-30-25(35)15-31-27(36)26-21-7-4-5-8-22(21)28(37)34(32-26)20-9-10-24(38-3)23(29)14-20/h4-5,7-10,14,18-19H,6,11-13,15-17H2,1-3H3,(H,30,35)(H,31,36)/t18-,19-/m1/s1. The molecule has 1 aromatic heterocycles. The van der Waals surface area contributed by atoms with Crippen molar-refractivity contribution in [3.8, 4) is 11.4 Å². The van der Waals surface area contributed by atoms with Crippen LogP contribution in [0.3, 0.4) is 0 Å². The second kappa shape index (κ2) is 12.4. The summed E-state index contributed by atoms with van der Waals surface area (Å²) >= 11 is 6.25. The van der Waals surface area contributed by atoms with E-state index in [9.17, 15) is 14.4 Å². The van der Waals surface area contributed by atoms with Crippen LogP contribution in [0.2, 0.25) is 5.02 Å². The molecule has 202 valence electrons. The van der Waals surface area contributed by atoms with Crippen molar-refractivity contribution in [1.29, 1.82) is 0 Å². The number of aromatic nitrogens is 2. The van der Waals surface area contributed by atoms with Crippen LogP contribution in [-0.4, -0.2) is 66.3 Å². The van der Waals surface area contributed by atoms with Crippen LogP contribution in [0.15, 0.2) is 47.3 Å². The quantitative estimate of drug-likeness (QED) is 0.404. The molecule has 2 atom stereocenters. The maximum Gasteiger partial charge on any atom is 0.279 e. The fraction of sp³-hybridized carbons (Fsp3) is 0.429. The van der Waals surface area contributed by atoms with Gasteiger partial charge in [-0.2, -0.15) is 9.78 Å². The lowest BCUT2D eigenvalue weighted by Gasteiger charge is -2.34. The number of hydrogen-bond donors (Lipinski definition) is 2. The molecule has 2 N–H and O–H groups in total. The lowest BCUT2D eigenvalue weighted by molar-refractivity contribution is -0.120. The van der Waals surface area contributed by atoms with Crippen molar-refractivity contribution in [2.45, 2.75) is 26.7 Å². The Kier molecular flexibility index (Phi) is 9.01. The highest BCUT2D eigenvalue weighted by molar-refractivity contribution is 6.32. The molecule has 10 heteroatoms. The van der Waals surface area contributed by atoms with Crippen molar-refractivity contribution in [2.75, 3.05) is 39.8 Å². The third-order valence-electron chi connectivity index (χ3n) is 6.73. The number of amides is 2. The average molecular weight is 540 g/mol. The van der Waals surface area contributed by atoms with Crippen molar-refractivity contribution < 1.29 is 14.3 Å². The van der Waals surface area contributed by atoms with E-state index >= 15 is 0 Å². The Hall–Kier alpha value is -3.43. The number of benzene rings is 2. The van der Waals surface area contributed by atoms with Gasteiger partial charge in [0.15, 0.2) is 5.69 Å². The zero-order chi connectivity index (χ0) is 27.2. The Labute approximate surface area is 227 Å². The topological polar surface area (TPSA) is 106 Å². The number of rotatable bonds is 9. The summed E-state index contributed by atoms with van der Waals surface area (Å²) in [6.45, 7) is 8.04. The monoisotopic (exact) mass is 539 g/mol. The van der Waals surface area contributed by atoms with Crippen LogP contribution in [0.4, 0.5) is 0 Å². The minimum Gasteiger partial charge on any atom is -0.495 e. The van der Waals surface area contributed by atoms with E-state index in [2.05, 4.69) is 34.5 Å². The van der Waals surface area contributed by atoms with Crippen molar-refractivity contribution in [1.82, 2.24) is 25.3 Å². The Morgan fingerprint density at radius 3 is 2.47 bits per heavy atom. The zero-order valence-electron chi connectivity index (χ0n) is 22.0. The van der Waals surface area contributed by atoms with Crippen LogP contribution < -0.4 is 20.9 Å². The van der Waals surface area contributed by atoms with Gasteiger partial charge in [0.1, 0.15) is 5.75 Å². The van der Waals surface area contributed by atoms with Crippen molar-refractivity contribution >= 4 is 34.2 Å². The highest BCUT2D eigenvalue weighted by Gasteiger charge is 2.21. The summed E-state index contributed by atoms with van der Waals surface area (Å²) in [4.78, 5) is 41.1. The van der Waals surface area contributed by atoms with Crippen LogP contribution >= 0.6 is 11.6 Å². The summed E-state index contributed by atoms with van der Waals surface area (Å²) in [7, 11) is 1.50. The normalized spacial score (nSPS) is 17.8. The van der Waals surface area contributed by atoms with E-state index in [0.29, 0.717) is 45.6 Å². The largest absolute Gasteiger partial charge is 0.495 e. The van der Waals surface area contributed by atoms with E-state index in [0.717, 1.165) is 30.7 Å². The number of carbonyl (C=O) groups excluding carboxylic acids is 2. The van der Waals surface area contributed by atoms with Crippen molar-refractivity contribution in [3.63, 3.8) is 0 Å². The van der Waals surface area contributed by atoms with Gasteiger partial charge < -0.3 is 20.3 Å². The van der Waals surface area contributed by atoms with Gasteiger partial charge >= 0.3 is 0 Å². The summed E-state index contributed by atoms with van der Waals surface area (Å²) < 4.78 is 6.31. The van der Waals surface area contributed by atoms with Crippen LogP contribution in [0, 0.1) is 11.8 Å². The Morgan fingerprint density at radius 2 is 1.79 bits per heavy atom. The number of hydrogen-bond acceptors (Lipinski definition) is 6. The second-order valence-electron chi connectivity index (χ2n) is 10.0. The molecule has 38 heavy (non-hydrogen) atoms. The number of methoxy groups -OCH3 is 1. The fourth-order valence-corrected chi connectivity index (χ4v) is 5.38. The number of likely N-dealkylation sites (tertiary alicyclic amines) is 1. The second-order valence-corrected chi connectivity index (χ2v) is 10.4. The first-order chi connectivity index (χ1) is 18.3. The van der Waals surface area contributed by atoms with E-state index in [1.165, 1.54) is 13.5 Å². The predicted octanol–water partition coefficient (Wildman–Crippen LogP) is 3.26. The summed E-state index contributed by atoms with van der Waals surface area (Å²) in [5.74, 6) is 1.01. The Morgan fingerprint density at radius 1 is 1.08 bits per heavy atom. The molecular formula is C28H34ClN5O4. The predicted molar refractivity (Wildman–Crippen MR) is 148 cm³/mol. The van der Waals surface area contributed by atoms with Crippen molar-refractivity contribution in [2.24, 2.45) is 11.8 Å². The van der Waals surface area contributed by atoms with Gasteiger partial charge in [-0.15, -0.1) is 0 Å². The fourth-order valence-electron chi connectivity index (χ4n) is 5.13. The van der Waals surface area contributed by atoms with Gasteiger partial charge in [-0.1, -0.05) is 43.6 Å². The molecule has 1 aliphatic rings. The van der Waals surface area contributed by atoms with Gasteiger partial charge in [0.2, 0.25) is 5.91 Å². The molecule has 1 aliphatic heterocycles. The van der Waals surface area contributed by atoms with E-state index in [-0.39, 0.29) is 18.1 Å². The molecule has 2 heterocycles. The summed E-state index contributed by atoms with van der Waals surface area (Å²) in [6, 6.07) is 11.5. The highest BCUT2D eigenvalue weighted by atomic mass is 35.5. The van der Waals surface area contributed by atoms with Crippen LogP contribution in [0.25, 0.3) is 16.5 Å². The van der Waals surface area contributed by atoms with Crippen LogP contribution in [0.1, 0.15) is 37.2 Å². The molecule has 9 nitrogen and oxygen atoms in total. The first-order valence-corrected chi connectivity index (χ1v) is 13.3. The number of fused-ring (bicyclic) bond motifs is 1. The molecular weight excluding hydrogens is 506 g/mol. The third-order valence-corrected chi connectivity index (χ3v) is 7.02. The molecule has 2 aromatic carbocycles. The van der Waals surface area contributed by atoms with Gasteiger partial charge in [0.25, 0.3) is 11.5 Å². The van der Waals surface area contributed by atoms with E-state index in [1.807, 2.05) is 0 Å². The smallest absolute Gasteiger partial charge is 0.279 e. The summed E-state index contributed by atoms with van der Waals surface area (Å²) in [6.07, 6.45) is 2.11. The van der Waals surface area contributed by atoms with Gasteiger partial charge in [-0.25, -0.2) is 0 Å². The minimum atomic E-state index is -0.555. The first-order valence-electron chi connectivity index (χ1n) is 12.9. The van der Waals surface area contributed by atoms with Crippen LogP contribution in [0.5, 0.6) is 5.75 Å². The van der Waals surface area contributed by atoms with Gasteiger partial charge in [0.05, 0.1) is 29.8 Å². The van der Waals surface area contributed by atoms with Gasteiger partial charge in [-0.05, 0) is 55.5 Å². The molecule has 0 aliphatic carbocycles. The Balaban J connectivity index is 1.41. The number of nitrogens with zero attached hydrogens (tertiary/aromatic N) is 3. The zero-order valence-corrected chi connectivity index (χ0v) is 22.8. The molecule has 3 aromatic rings. The molecule has 4 rings (SSSR count). The minimum absolute atomic E-state index is 0.0354. The molecule has 0 saturated carbocycles. The lowest BCUT2D eigenvalue weighted by atomic mass is 9.92. The lowest BCUT2D eigenvalue weighted by Crippen LogP contribution is -2.41. The number of carbonyl (C=O) groups is 2. The molecule has 1 saturated heterocycles. The molecule has 1 fully saturated rings. The third kappa shape index (κ3) is 6.52. The molecule has 0 radical (unpaired) electrons.